The van der Waals surface area contributed by atoms with Crippen molar-refractivity contribution in [3.05, 3.63) is 40.7 Å². The van der Waals surface area contributed by atoms with Gasteiger partial charge < -0.3 is 24.0 Å². The van der Waals surface area contributed by atoms with Crippen molar-refractivity contribution in [1.82, 2.24) is 14.8 Å². The maximum atomic E-state index is 14.8. The van der Waals surface area contributed by atoms with Gasteiger partial charge in [0, 0.05) is 30.8 Å². The van der Waals surface area contributed by atoms with Gasteiger partial charge in [0.05, 0.1) is 26.8 Å². The molecular weight excluding hydrogens is 587 g/mol. The Morgan fingerprint density at radius 1 is 1.05 bits per heavy atom. The lowest BCUT2D eigenvalue weighted by molar-refractivity contribution is 0.000947. The summed E-state index contributed by atoms with van der Waals surface area (Å²) in [7, 11) is 0. The Kier molecular flexibility index (Phi) is 7.73. The third-order valence-corrected chi connectivity index (χ3v) is 7.89. The molecule has 13 heteroatoms. The van der Waals surface area contributed by atoms with Crippen LogP contribution in [0, 0.1) is 5.82 Å². The molecule has 3 amide bonds. The van der Waals surface area contributed by atoms with E-state index < -0.39 is 35.2 Å². The van der Waals surface area contributed by atoms with E-state index in [1.165, 1.54) is 6.07 Å². The van der Waals surface area contributed by atoms with Gasteiger partial charge >= 0.3 is 12.2 Å². The summed E-state index contributed by atoms with van der Waals surface area (Å²) in [6.07, 6.45) is -1.15. The lowest BCUT2D eigenvalue weighted by Gasteiger charge is -2.40. The van der Waals surface area contributed by atoms with Crippen LogP contribution in [0.4, 0.5) is 19.1 Å². The number of amides is 3. The van der Waals surface area contributed by atoms with E-state index in [4.69, 9.17) is 25.8 Å². The Bertz CT molecular complexity index is 1580. The van der Waals surface area contributed by atoms with Gasteiger partial charge in [-0.1, -0.05) is 29.0 Å². The molecule has 2 aliphatic rings. The second-order valence-electron chi connectivity index (χ2n) is 12.1. The molecule has 0 spiro atoms. The standard InChI is InChI=1S/C29H32ClFN4O6S/c1-28(2,3)40-26(37)33-25-32-21-17(9-10-19(31)23(21)42-25)16-7-8-18-22(20(16)30)39-14-15-13-34(11-12-35(15)24(18)36)27(38)41-29(4,5)6/h7-10,15H,11-14H2,1-6H3,(H,32,33,37)/t15-/m1/s1. The van der Waals surface area contributed by atoms with Crippen LogP contribution in [0.2, 0.25) is 5.02 Å². The van der Waals surface area contributed by atoms with Crippen LogP contribution in [0.25, 0.3) is 21.3 Å². The molecule has 1 fully saturated rings. The van der Waals surface area contributed by atoms with Crippen LogP contribution in [0.1, 0.15) is 51.9 Å². The topological polar surface area (TPSA) is 110 Å². The molecule has 0 radical (unpaired) electrons. The number of hydrogen-bond donors (Lipinski definition) is 1. The number of nitrogens with zero attached hydrogens (tertiary/aromatic N) is 3. The fourth-order valence-corrected chi connectivity index (χ4v) is 6.01. The van der Waals surface area contributed by atoms with Gasteiger partial charge in [0.15, 0.2) is 10.9 Å². The highest BCUT2D eigenvalue weighted by atomic mass is 35.5. The first kappa shape index (κ1) is 29.8. The molecule has 2 aromatic carbocycles. The van der Waals surface area contributed by atoms with Crippen molar-refractivity contribution in [3.8, 4) is 16.9 Å². The second kappa shape index (κ2) is 10.9. The molecular formula is C29H32ClFN4O6S. The highest BCUT2D eigenvalue weighted by Gasteiger charge is 2.39. The molecule has 224 valence electrons. The van der Waals surface area contributed by atoms with Crippen molar-refractivity contribution in [2.24, 2.45) is 0 Å². The molecule has 5 rings (SSSR count). The second-order valence-corrected chi connectivity index (χ2v) is 13.5. The van der Waals surface area contributed by atoms with Crippen LogP contribution in [-0.2, 0) is 9.47 Å². The summed E-state index contributed by atoms with van der Waals surface area (Å²) in [4.78, 5) is 46.2. The third-order valence-electron chi connectivity index (χ3n) is 6.54. The number of hydrogen-bond acceptors (Lipinski definition) is 8. The zero-order valence-corrected chi connectivity index (χ0v) is 25.7. The van der Waals surface area contributed by atoms with Crippen LogP contribution in [0.3, 0.4) is 0 Å². The number of fused-ring (bicyclic) bond motifs is 3. The minimum Gasteiger partial charge on any atom is -0.489 e. The highest BCUT2D eigenvalue weighted by molar-refractivity contribution is 7.22. The molecule has 3 heterocycles. The van der Waals surface area contributed by atoms with Gasteiger partial charge in [-0.2, -0.15) is 0 Å². The van der Waals surface area contributed by atoms with Crippen molar-refractivity contribution in [1.29, 1.82) is 0 Å². The van der Waals surface area contributed by atoms with Gasteiger partial charge in [0.2, 0.25) is 0 Å². The van der Waals surface area contributed by atoms with Crippen LogP contribution in [0.5, 0.6) is 5.75 Å². The lowest BCUT2D eigenvalue weighted by Crippen LogP contribution is -2.58. The van der Waals surface area contributed by atoms with Crippen molar-refractivity contribution >= 4 is 56.4 Å². The van der Waals surface area contributed by atoms with E-state index in [0.717, 1.165) is 11.3 Å². The van der Waals surface area contributed by atoms with Gasteiger partial charge in [0.25, 0.3) is 5.91 Å². The van der Waals surface area contributed by atoms with E-state index in [0.29, 0.717) is 35.3 Å². The number of piperazine rings is 1. The van der Waals surface area contributed by atoms with Crippen molar-refractivity contribution < 1.29 is 33.0 Å². The predicted molar refractivity (Wildman–Crippen MR) is 158 cm³/mol. The van der Waals surface area contributed by atoms with Crippen LogP contribution < -0.4 is 10.1 Å². The summed E-state index contributed by atoms with van der Waals surface area (Å²) in [5, 5.41) is 2.89. The summed E-state index contributed by atoms with van der Waals surface area (Å²) in [5.41, 5.74) is 0.213. The molecule has 1 atom stereocenters. The van der Waals surface area contributed by atoms with Gasteiger partial charge in [-0.3, -0.25) is 10.1 Å². The average molecular weight is 619 g/mol. The zero-order valence-electron chi connectivity index (χ0n) is 24.2. The smallest absolute Gasteiger partial charge is 0.413 e. The Morgan fingerprint density at radius 2 is 1.71 bits per heavy atom. The summed E-state index contributed by atoms with van der Waals surface area (Å²) >= 11 is 7.83. The van der Waals surface area contributed by atoms with Gasteiger partial charge in [0.1, 0.15) is 23.6 Å². The molecule has 2 aliphatic heterocycles. The number of carbonyl (C=O) groups excluding carboxylic acids is 3. The SMILES string of the molecule is CC(C)(C)OC(=O)Nc1nc2c(-c3ccc4c(c3Cl)OC[C@H]3CN(C(=O)OC(C)(C)C)CCN3C4=O)ccc(F)c2s1. The number of aromatic nitrogens is 1. The summed E-state index contributed by atoms with van der Waals surface area (Å²) < 4.78 is 31.9. The van der Waals surface area contributed by atoms with Crippen LogP contribution >= 0.6 is 22.9 Å². The molecule has 0 aliphatic carbocycles. The number of ether oxygens (including phenoxy) is 3. The van der Waals surface area contributed by atoms with Crippen molar-refractivity contribution in [2.75, 3.05) is 31.6 Å². The summed E-state index contributed by atoms with van der Waals surface area (Å²) in [6, 6.07) is 5.74. The third kappa shape index (κ3) is 6.10. The Morgan fingerprint density at radius 3 is 2.40 bits per heavy atom. The number of carbonyl (C=O) groups is 3. The maximum absolute atomic E-state index is 14.8. The molecule has 0 unspecified atom stereocenters. The number of anilines is 1. The molecule has 3 aromatic rings. The van der Waals surface area contributed by atoms with Crippen molar-refractivity contribution in [3.63, 3.8) is 0 Å². The number of nitrogens with one attached hydrogen (secondary N) is 1. The first-order valence-electron chi connectivity index (χ1n) is 13.4. The van der Waals surface area contributed by atoms with Crippen LogP contribution in [-0.4, -0.2) is 76.4 Å². The molecule has 1 saturated heterocycles. The Hall–Kier alpha value is -3.64. The molecule has 1 aromatic heterocycles. The van der Waals surface area contributed by atoms with E-state index in [2.05, 4.69) is 10.3 Å². The first-order valence-corrected chi connectivity index (χ1v) is 14.6. The van der Waals surface area contributed by atoms with E-state index in [1.807, 2.05) is 0 Å². The molecule has 10 nitrogen and oxygen atoms in total. The molecule has 42 heavy (non-hydrogen) atoms. The van der Waals surface area contributed by atoms with Gasteiger partial charge in [-0.15, -0.1) is 0 Å². The largest absolute Gasteiger partial charge is 0.489 e. The summed E-state index contributed by atoms with van der Waals surface area (Å²) in [5.74, 6) is -0.559. The minimum atomic E-state index is -0.716. The zero-order chi connectivity index (χ0) is 30.6. The molecule has 1 N–H and O–H groups in total. The lowest BCUT2D eigenvalue weighted by atomic mass is 10.0. The quantitative estimate of drug-likeness (QED) is 0.346. The average Bonchev–Trinajstić information content (AvgIpc) is 3.23. The van der Waals surface area contributed by atoms with E-state index in [-0.39, 0.29) is 39.7 Å². The Labute approximate surface area is 251 Å². The first-order chi connectivity index (χ1) is 19.6. The fraction of sp³-hybridized carbons (Fsp3) is 0.448. The van der Waals surface area contributed by atoms with E-state index >= 15 is 0 Å². The van der Waals surface area contributed by atoms with Gasteiger partial charge in [-0.25, -0.2) is 19.0 Å². The number of benzene rings is 2. The van der Waals surface area contributed by atoms with Crippen molar-refractivity contribution in [2.45, 2.75) is 58.8 Å². The van der Waals surface area contributed by atoms with Gasteiger partial charge in [-0.05, 0) is 59.7 Å². The number of rotatable bonds is 2. The number of halogens is 2. The fourth-order valence-electron chi connectivity index (χ4n) is 4.80. The Balaban J connectivity index is 1.44. The monoisotopic (exact) mass is 618 g/mol. The molecule has 0 bridgehead atoms. The summed E-state index contributed by atoms with van der Waals surface area (Å²) in [6.45, 7) is 11.6. The number of thiazole rings is 1. The van der Waals surface area contributed by atoms with E-state index in [1.54, 1.807) is 69.5 Å². The predicted octanol–water partition coefficient (Wildman–Crippen LogP) is 6.56. The van der Waals surface area contributed by atoms with E-state index in [9.17, 15) is 18.8 Å². The molecule has 0 saturated carbocycles. The highest BCUT2D eigenvalue weighted by Crippen LogP contribution is 2.44. The minimum absolute atomic E-state index is 0.112. The van der Waals surface area contributed by atoms with Crippen LogP contribution in [0.15, 0.2) is 24.3 Å². The maximum Gasteiger partial charge on any atom is 0.413 e. The normalized spacial score (nSPS) is 17.2.